The Hall–Kier alpha value is -2.24. The summed E-state index contributed by atoms with van der Waals surface area (Å²) >= 11 is 0. The van der Waals surface area contributed by atoms with Crippen molar-refractivity contribution >= 4 is 11.6 Å². The standard InChI is InChI=1S/C14H17FN4O/c1-3-7-12-16-13(18-17-12)14(20)19(4-2)11-9-6-5-8-10(11)15/h5-6,8-9H,3-4,7H2,1-2H3,(H,16,17,18). The fraction of sp³-hybridized carbons (Fsp3) is 0.357. The number of hydrogen-bond donors (Lipinski definition) is 1. The Morgan fingerprint density at radius 3 is 2.75 bits per heavy atom. The molecule has 1 amide bonds. The highest BCUT2D eigenvalue weighted by Crippen LogP contribution is 2.19. The second-order valence-electron chi connectivity index (χ2n) is 4.36. The Balaban J connectivity index is 2.27. The van der Waals surface area contributed by atoms with Crippen molar-refractivity contribution in [3.8, 4) is 0 Å². The fourth-order valence-electron chi connectivity index (χ4n) is 1.95. The van der Waals surface area contributed by atoms with E-state index >= 15 is 0 Å². The molecule has 2 aromatic rings. The maximum atomic E-state index is 13.8. The number of aromatic amines is 1. The predicted molar refractivity (Wildman–Crippen MR) is 74.1 cm³/mol. The topological polar surface area (TPSA) is 61.9 Å². The SMILES string of the molecule is CCCc1nc(C(=O)N(CC)c2ccccc2F)n[nH]1. The fourth-order valence-corrected chi connectivity index (χ4v) is 1.95. The molecule has 1 aromatic heterocycles. The second kappa shape index (κ2) is 6.27. The van der Waals surface area contributed by atoms with E-state index in [2.05, 4.69) is 15.2 Å². The van der Waals surface area contributed by atoms with E-state index in [0.717, 1.165) is 12.8 Å². The second-order valence-corrected chi connectivity index (χ2v) is 4.36. The summed E-state index contributed by atoms with van der Waals surface area (Å²) in [5.74, 6) is -0.109. The van der Waals surface area contributed by atoms with E-state index in [-0.39, 0.29) is 11.5 Å². The number of carbonyl (C=O) groups is 1. The number of benzene rings is 1. The van der Waals surface area contributed by atoms with E-state index in [1.807, 2.05) is 6.92 Å². The molecular weight excluding hydrogens is 259 g/mol. The molecule has 1 heterocycles. The van der Waals surface area contributed by atoms with Crippen molar-refractivity contribution in [2.24, 2.45) is 0 Å². The number of aryl methyl sites for hydroxylation is 1. The van der Waals surface area contributed by atoms with Crippen LogP contribution in [0.25, 0.3) is 0 Å². The van der Waals surface area contributed by atoms with Gasteiger partial charge in [-0.15, -0.1) is 5.10 Å². The number of amides is 1. The first-order valence-electron chi connectivity index (χ1n) is 6.65. The van der Waals surface area contributed by atoms with Crippen LogP contribution in [0.1, 0.15) is 36.7 Å². The number of aromatic nitrogens is 3. The van der Waals surface area contributed by atoms with Gasteiger partial charge in [-0.3, -0.25) is 9.89 Å². The van der Waals surface area contributed by atoms with Gasteiger partial charge in [0, 0.05) is 13.0 Å². The first-order chi connectivity index (χ1) is 9.67. The summed E-state index contributed by atoms with van der Waals surface area (Å²) in [5, 5.41) is 6.64. The van der Waals surface area contributed by atoms with Crippen molar-refractivity contribution in [3.63, 3.8) is 0 Å². The van der Waals surface area contributed by atoms with Crippen molar-refractivity contribution in [2.45, 2.75) is 26.7 Å². The Morgan fingerprint density at radius 1 is 1.35 bits per heavy atom. The smallest absolute Gasteiger partial charge is 0.298 e. The number of H-pyrrole nitrogens is 1. The molecule has 0 fully saturated rings. The number of nitrogens with zero attached hydrogens (tertiary/aromatic N) is 3. The molecule has 20 heavy (non-hydrogen) atoms. The van der Waals surface area contributed by atoms with Crippen LogP contribution in [0.3, 0.4) is 0 Å². The third-order valence-electron chi connectivity index (χ3n) is 2.91. The minimum atomic E-state index is -0.438. The van der Waals surface area contributed by atoms with Crippen LogP contribution in [0.4, 0.5) is 10.1 Å². The first-order valence-corrected chi connectivity index (χ1v) is 6.65. The number of nitrogens with one attached hydrogen (secondary N) is 1. The average Bonchev–Trinajstić information content (AvgIpc) is 2.90. The normalized spacial score (nSPS) is 10.6. The van der Waals surface area contributed by atoms with Crippen molar-refractivity contribution in [1.82, 2.24) is 15.2 Å². The molecule has 2 rings (SSSR count). The van der Waals surface area contributed by atoms with Crippen LogP contribution in [0.15, 0.2) is 24.3 Å². The molecule has 0 atom stereocenters. The molecule has 0 aliphatic carbocycles. The van der Waals surface area contributed by atoms with Gasteiger partial charge in [0.05, 0.1) is 5.69 Å². The molecule has 6 heteroatoms. The van der Waals surface area contributed by atoms with Gasteiger partial charge in [0.15, 0.2) is 0 Å². The van der Waals surface area contributed by atoms with Gasteiger partial charge in [0.25, 0.3) is 5.91 Å². The van der Waals surface area contributed by atoms with E-state index < -0.39 is 11.7 Å². The highest BCUT2D eigenvalue weighted by molar-refractivity contribution is 6.03. The van der Waals surface area contributed by atoms with Gasteiger partial charge in [-0.05, 0) is 25.5 Å². The van der Waals surface area contributed by atoms with E-state index in [1.54, 1.807) is 25.1 Å². The van der Waals surface area contributed by atoms with Gasteiger partial charge < -0.3 is 4.90 Å². The number of para-hydroxylation sites is 1. The number of rotatable bonds is 5. The molecule has 5 nitrogen and oxygen atoms in total. The zero-order chi connectivity index (χ0) is 14.5. The van der Waals surface area contributed by atoms with E-state index in [1.165, 1.54) is 11.0 Å². The molecular formula is C14H17FN4O. The largest absolute Gasteiger partial charge is 0.303 e. The lowest BCUT2D eigenvalue weighted by molar-refractivity contribution is 0.0978. The summed E-state index contributed by atoms with van der Waals surface area (Å²) in [4.78, 5) is 17.8. The Kier molecular flexibility index (Phi) is 4.45. The number of carbonyl (C=O) groups excluding carboxylic acids is 1. The molecule has 0 unspecified atom stereocenters. The minimum absolute atomic E-state index is 0.0681. The molecule has 0 saturated carbocycles. The molecule has 0 aliphatic rings. The summed E-state index contributed by atoms with van der Waals surface area (Å²) in [6, 6.07) is 6.17. The van der Waals surface area contributed by atoms with E-state index in [9.17, 15) is 9.18 Å². The number of halogens is 1. The molecule has 106 valence electrons. The van der Waals surface area contributed by atoms with Gasteiger partial charge >= 0.3 is 0 Å². The minimum Gasteiger partial charge on any atom is -0.303 e. The summed E-state index contributed by atoms with van der Waals surface area (Å²) in [6.07, 6.45) is 1.64. The highest BCUT2D eigenvalue weighted by Gasteiger charge is 2.22. The van der Waals surface area contributed by atoms with E-state index in [0.29, 0.717) is 12.4 Å². The van der Waals surface area contributed by atoms with Crippen molar-refractivity contribution in [3.05, 3.63) is 41.7 Å². The third kappa shape index (κ3) is 2.84. The molecule has 0 radical (unpaired) electrons. The third-order valence-corrected chi connectivity index (χ3v) is 2.91. The maximum absolute atomic E-state index is 13.8. The Morgan fingerprint density at radius 2 is 2.10 bits per heavy atom. The lowest BCUT2D eigenvalue weighted by Gasteiger charge is -2.19. The predicted octanol–water partition coefficient (Wildman–Crippen LogP) is 2.56. The first kappa shape index (κ1) is 14.2. The highest BCUT2D eigenvalue weighted by atomic mass is 19.1. The molecule has 1 aromatic carbocycles. The lowest BCUT2D eigenvalue weighted by atomic mass is 10.2. The van der Waals surface area contributed by atoms with Crippen LogP contribution >= 0.6 is 0 Å². The summed E-state index contributed by atoms with van der Waals surface area (Å²) in [5.41, 5.74) is 0.238. The Bertz CT molecular complexity index is 596. The molecule has 0 saturated heterocycles. The molecule has 0 spiro atoms. The molecule has 0 aliphatic heterocycles. The van der Waals surface area contributed by atoms with Crippen LogP contribution < -0.4 is 4.90 Å². The van der Waals surface area contributed by atoms with E-state index in [4.69, 9.17) is 0 Å². The van der Waals surface area contributed by atoms with Crippen molar-refractivity contribution < 1.29 is 9.18 Å². The number of hydrogen-bond acceptors (Lipinski definition) is 3. The summed E-state index contributed by atoms with van der Waals surface area (Å²) < 4.78 is 13.8. The quantitative estimate of drug-likeness (QED) is 0.913. The van der Waals surface area contributed by atoms with Crippen molar-refractivity contribution in [2.75, 3.05) is 11.4 Å². The van der Waals surface area contributed by atoms with Gasteiger partial charge in [-0.2, -0.15) is 0 Å². The monoisotopic (exact) mass is 276 g/mol. The van der Waals surface area contributed by atoms with Crippen LogP contribution in [-0.2, 0) is 6.42 Å². The average molecular weight is 276 g/mol. The van der Waals surface area contributed by atoms with Gasteiger partial charge in [0.1, 0.15) is 11.6 Å². The zero-order valence-corrected chi connectivity index (χ0v) is 11.6. The Labute approximate surface area is 116 Å². The summed E-state index contributed by atoms with van der Waals surface area (Å²) in [6.45, 7) is 4.14. The molecule has 1 N–H and O–H groups in total. The van der Waals surface area contributed by atoms with Gasteiger partial charge in [0.2, 0.25) is 5.82 Å². The lowest BCUT2D eigenvalue weighted by Crippen LogP contribution is -2.32. The zero-order valence-electron chi connectivity index (χ0n) is 11.6. The molecule has 0 bridgehead atoms. The van der Waals surface area contributed by atoms with Crippen LogP contribution in [0.5, 0.6) is 0 Å². The van der Waals surface area contributed by atoms with Crippen molar-refractivity contribution in [1.29, 1.82) is 0 Å². The maximum Gasteiger partial charge on any atom is 0.298 e. The van der Waals surface area contributed by atoms with Gasteiger partial charge in [-0.1, -0.05) is 19.1 Å². The van der Waals surface area contributed by atoms with Gasteiger partial charge in [-0.25, -0.2) is 9.37 Å². The van der Waals surface area contributed by atoms with Crippen LogP contribution in [0.2, 0.25) is 0 Å². The summed E-state index contributed by atoms with van der Waals surface area (Å²) in [7, 11) is 0. The number of anilines is 1. The van der Waals surface area contributed by atoms with Crippen LogP contribution in [-0.4, -0.2) is 27.6 Å². The van der Waals surface area contributed by atoms with Crippen LogP contribution in [0, 0.1) is 5.82 Å².